The average Bonchev–Trinajstić information content (AvgIpc) is 3.35. The minimum Gasteiger partial charge on any atom is -0.337 e. The number of fused-ring (bicyclic) bond motifs is 1. The number of aromatic amines is 1. The molecule has 4 rings (SSSR count). The molecule has 1 unspecified atom stereocenters. The first-order valence-electron chi connectivity index (χ1n) is 8.52. The smallest absolute Gasteiger partial charge is 0.327 e. The summed E-state index contributed by atoms with van der Waals surface area (Å²) in [4.78, 5) is 28.7. The van der Waals surface area contributed by atoms with Crippen LogP contribution in [0, 0.1) is 0 Å². The Hall–Kier alpha value is -2.90. The molecule has 2 aliphatic heterocycles. The first-order valence-corrected chi connectivity index (χ1v) is 8.52. The summed E-state index contributed by atoms with van der Waals surface area (Å²) >= 11 is 0. The zero-order valence-electron chi connectivity index (χ0n) is 14.0. The van der Waals surface area contributed by atoms with Crippen molar-refractivity contribution in [2.24, 2.45) is 0 Å². The molecule has 0 radical (unpaired) electrons. The van der Waals surface area contributed by atoms with Crippen LogP contribution in [-0.2, 0) is 0 Å². The molecule has 1 atom stereocenters. The Morgan fingerprint density at radius 3 is 2.76 bits per heavy atom. The molecule has 130 valence electrons. The van der Waals surface area contributed by atoms with E-state index < -0.39 is 0 Å². The highest BCUT2D eigenvalue weighted by atomic mass is 16.2. The summed E-state index contributed by atoms with van der Waals surface area (Å²) in [6.45, 7) is 4.12. The zero-order valence-corrected chi connectivity index (χ0v) is 14.0. The third-order valence-electron chi connectivity index (χ3n) is 4.83. The monoisotopic (exact) mass is 340 g/mol. The molecule has 1 fully saturated rings. The number of carbonyl (C=O) groups is 2. The number of carbonyl (C=O) groups excluding carboxylic acids is 2. The van der Waals surface area contributed by atoms with Gasteiger partial charge in [0.1, 0.15) is 0 Å². The van der Waals surface area contributed by atoms with E-state index in [1.165, 1.54) is 0 Å². The number of nitrogens with one attached hydrogen (secondary N) is 2. The molecule has 3 amide bonds. The molecule has 3 heterocycles. The van der Waals surface area contributed by atoms with Gasteiger partial charge in [-0.3, -0.25) is 15.0 Å². The molecule has 8 nitrogen and oxygen atoms in total. The van der Waals surface area contributed by atoms with Crippen molar-refractivity contribution in [2.75, 3.05) is 29.9 Å². The number of H-pyrrole nitrogens is 1. The predicted octanol–water partition coefficient (Wildman–Crippen LogP) is 2.20. The van der Waals surface area contributed by atoms with Crippen LogP contribution >= 0.6 is 0 Å². The zero-order chi connectivity index (χ0) is 17.4. The Balaban J connectivity index is 1.53. The number of para-hydroxylation sites is 1. The Kier molecular flexibility index (Phi) is 3.87. The highest BCUT2D eigenvalue weighted by Gasteiger charge is 2.31. The van der Waals surface area contributed by atoms with Gasteiger partial charge in [0.05, 0.1) is 0 Å². The Bertz CT molecular complexity index is 811. The summed E-state index contributed by atoms with van der Waals surface area (Å²) < 4.78 is 0. The first kappa shape index (κ1) is 15.6. The molecular weight excluding hydrogens is 320 g/mol. The number of amides is 3. The van der Waals surface area contributed by atoms with Gasteiger partial charge in [-0.25, -0.2) is 4.79 Å². The van der Waals surface area contributed by atoms with Crippen LogP contribution in [0.1, 0.15) is 41.7 Å². The number of benzene rings is 1. The number of aromatic nitrogens is 3. The highest BCUT2D eigenvalue weighted by Crippen LogP contribution is 2.35. The van der Waals surface area contributed by atoms with E-state index in [4.69, 9.17) is 0 Å². The van der Waals surface area contributed by atoms with Crippen LogP contribution in [0.15, 0.2) is 24.3 Å². The third kappa shape index (κ3) is 2.73. The Morgan fingerprint density at radius 2 is 1.96 bits per heavy atom. The fraction of sp³-hybridized carbons (Fsp3) is 0.412. The van der Waals surface area contributed by atoms with Gasteiger partial charge in [0.15, 0.2) is 11.5 Å². The van der Waals surface area contributed by atoms with Gasteiger partial charge in [-0.1, -0.05) is 25.1 Å². The van der Waals surface area contributed by atoms with E-state index in [0.717, 1.165) is 37.2 Å². The van der Waals surface area contributed by atoms with E-state index >= 15 is 0 Å². The first-order chi connectivity index (χ1) is 12.1. The molecule has 0 spiro atoms. The number of nitrogens with zero attached hydrogens (tertiary/aromatic N) is 4. The molecule has 0 saturated carbocycles. The van der Waals surface area contributed by atoms with Crippen LogP contribution < -0.4 is 10.2 Å². The topological polar surface area (TPSA) is 94.2 Å². The lowest BCUT2D eigenvalue weighted by Gasteiger charge is -2.18. The molecular formula is C17H20N6O2. The second kappa shape index (κ2) is 6.19. The van der Waals surface area contributed by atoms with Crippen LogP contribution in [-0.4, -0.2) is 51.9 Å². The van der Waals surface area contributed by atoms with Crippen molar-refractivity contribution in [2.45, 2.75) is 25.7 Å². The SMILES string of the molecule is CC1CN(C(=O)Nc2n[nH]nc2C(=O)N2CCCC2)c2ccccc21. The molecule has 25 heavy (non-hydrogen) atoms. The number of anilines is 2. The number of hydrogen-bond donors (Lipinski definition) is 2. The van der Waals surface area contributed by atoms with Gasteiger partial charge in [-0.15, -0.1) is 10.2 Å². The van der Waals surface area contributed by atoms with Gasteiger partial charge in [0.2, 0.25) is 0 Å². The summed E-state index contributed by atoms with van der Waals surface area (Å²) in [7, 11) is 0. The van der Waals surface area contributed by atoms with Crippen molar-refractivity contribution in [1.82, 2.24) is 20.3 Å². The molecule has 2 aliphatic rings. The predicted molar refractivity (Wildman–Crippen MR) is 92.7 cm³/mol. The van der Waals surface area contributed by atoms with Crippen LogP contribution in [0.25, 0.3) is 0 Å². The second-order valence-corrected chi connectivity index (χ2v) is 6.52. The Labute approximate surface area is 145 Å². The molecule has 1 aromatic heterocycles. The van der Waals surface area contributed by atoms with E-state index in [0.29, 0.717) is 6.54 Å². The fourth-order valence-electron chi connectivity index (χ4n) is 3.52. The Morgan fingerprint density at radius 1 is 1.20 bits per heavy atom. The van der Waals surface area contributed by atoms with Gasteiger partial charge < -0.3 is 4.90 Å². The van der Waals surface area contributed by atoms with Gasteiger partial charge >= 0.3 is 6.03 Å². The average molecular weight is 340 g/mol. The minimum atomic E-state index is -0.304. The van der Waals surface area contributed by atoms with Gasteiger partial charge in [0, 0.05) is 31.2 Å². The number of rotatable bonds is 2. The maximum atomic E-state index is 12.7. The summed E-state index contributed by atoms with van der Waals surface area (Å²) in [5.74, 6) is 0.251. The second-order valence-electron chi connectivity index (χ2n) is 6.52. The molecule has 2 N–H and O–H groups in total. The van der Waals surface area contributed by atoms with Gasteiger partial charge in [0.25, 0.3) is 5.91 Å². The van der Waals surface area contributed by atoms with Crippen molar-refractivity contribution in [3.05, 3.63) is 35.5 Å². The summed E-state index contributed by atoms with van der Waals surface area (Å²) in [6.07, 6.45) is 1.99. The lowest BCUT2D eigenvalue weighted by Crippen LogP contribution is -2.35. The van der Waals surface area contributed by atoms with Crippen molar-refractivity contribution in [3.8, 4) is 0 Å². The van der Waals surface area contributed by atoms with Gasteiger partial charge in [-0.05, 0) is 24.5 Å². The molecule has 1 aromatic carbocycles. The largest absolute Gasteiger partial charge is 0.337 e. The van der Waals surface area contributed by atoms with Crippen LogP contribution in [0.2, 0.25) is 0 Å². The van der Waals surface area contributed by atoms with Crippen LogP contribution in [0.4, 0.5) is 16.3 Å². The van der Waals surface area contributed by atoms with Gasteiger partial charge in [-0.2, -0.15) is 5.21 Å². The number of likely N-dealkylation sites (tertiary alicyclic amines) is 1. The van der Waals surface area contributed by atoms with E-state index in [2.05, 4.69) is 27.7 Å². The van der Waals surface area contributed by atoms with E-state index in [1.54, 1.807) is 9.80 Å². The molecule has 8 heteroatoms. The maximum absolute atomic E-state index is 12.7. The minimum absolute atomic E-state index is 0.163. The molecule has 0 aliphatic carbocycles. The van der Waals surface area contributed by atoms with Crippen LogP contribution in [0.5, 0.6) is 0 Å². The normalized spacial score (nSPS) is 19.2. The lowest BCUT2D eigenvalue weighted by molar-refractivity contribution is 0.0788. The summed E-state index contributed by atoms with van der Waals surface area (Å²) in [5.41, 5.74) is 2.20. The quantitative estimate of drug-likeness (QED) is 0.876. The highest BCUT2D eigenvalue weighted by molar-refractivity contribution is 6.06. The van der Waals surface area contributed by atoms with E-state index in [1.807, 2.05) is 24.3 Å². The maximum Gasteiger partial charge on any atom is 0.327 e. The van der Waals surface area contributed by atoms with Crippen LogP contribution in [0.3, 0.4) is 0 Å². The standard InChI is InChI=1S/C17H20N6O2/c1-11-10-23(13-7-3-2-6-12(11)13)17(25)18-15-14(19-21-20-15)16(24)22-8-4-5-9-22/h2-3,6-7,11H,4-5,8-10H2,1H3,(H2,18,19,20,21,25). The van der Waals surface area contributed by atoms with E-state index in [9.17, 15) is 9.59 Å². The molecule has 1 saturated heterocycles. The summed E-state index contributed by atoms with van der Waals surface area (Å²) in [5, 5.41) is 13.1. The number of hydrogen-bond acceptors (Lipinski definition) is 4. The fourth-order valence-corrected chi connectivity index (χ4v) is 3.52. The third-order valence-corrected chi connectivity index (χ3v) is 4.83. The summed E-state index contributed by atoms with van der Waals surface area (Å²) in [6, 6.07) is 7.54. The van der Waals surface area contributed by atoms with Crippen molar-refractivity contribution >= 4 is 23.4 Å². The molecule has 2 aromatic rings. The number of urea groups is 1. The lowest BCUT2D eigenvalue weighted by atomic mass is 10.0. The van der Waals surface area contributed by atoms with Crippen molar-refractivity contribution < 1.29 is 9.59 Å². The van der Waals surface area contributed by atoms with Crippen molar-refractivity contribution in [1.29, 1.82) is 0 Å². The molecule has 0 bridgehead atoms. The van der Waals surface area contributed by atoms with Crippen molar-refractivity contribution in [3.63, 3.8) is 0 Å². The van der Waals surface area contributed by atoms with E-state index in [-0.39, 0.29) is 29.4 Å².